The monoisotopic (exact) mass is 299 g/mol. The number of halogens is 1. The first-order chi connectivity index (χ1) is 10.7. The Morgan fingerprint density at radius 2 is 1.86 bits per heavy atom. The van der Waals surface area contributed by atoms with Crippen LogP contribution in [-0.2, 0) is 4.79 Å². The summed E-state index contributed by atoms with van der Waals surface area (Å²) in [4.78, 5) is 12.0. The second-order valence-corrected chi connectivity index (χ2v) is 5.44. The third-order valence-electron chi connectivity index (χ3n) is 4.00. The highest BCUT2D eigenvalue weighted by atomic mass is 19.1. The van der Waals surface area contributed by atoms with Crippen LogP contribution in [0.2, 0.25) is 0 Å². The Balaban J connectivity index is 1.84. The van der Waals surface area contributed by atoms with E-state index >= 15 is 0 Å². The van der Waals surface area contributed by atoms with E-state index < -0.39 is 0 Å². The van der Waals surface area contributed by atoms with Gasteiger partial charge in [-0.3, -0.25) is 4.79 Å². The number of hydrogen-bond donors (Lipinski definition) is 1. The zero-order valence-corrected chi connectivity index (χ0v) is 11.8. The van der Waals surface area contributed by atoms with Gasteiger partial charge in [-0.2, -0.15) is 0 Å². The molecule has 4 rings (SSSR count). The molecule has 4 nitrogen and oxygen atoms in total. The van der Waals surface area contributed by atoms with Crippen molar-refractivity contribution in [1.82, 2.24) is 0 Å². The van der Waals surface area contributed by atoms with Crippen LogP contribution < -0.4 is 14.8 Å². The molecule has 0 spiro atoms. The molecule has 2 aromatic carbocycles. The molecule has 0 saturated carbocycles. The molecule has 0 aromatic heterocycles. The summed E-state index contributed by atoms with van der Waals surface area (Å²) in [5.41, 5.74) is 2.41. The van der Waals surface area contributed by atoms with Crippen LogP contribution in [0.3, 0.4) is 0 Å². The summed E-state index contributed by atoms with van der Waals surface area (Å²) >= 11 is 0. The van der Waals surface area contributed by atoms with E-state index in [0.29, 0.717) is 30.4 Å². The third kappa shape index (κ3) is 2.19. The van der Waals surface area contributed by atoms with Gasteiger partial charge in [-0.15, -0.1) is 0 Å². The molecule has 0 bridgehead atoms. The number of anilines is 1. The minimum Gasteiger partial charge on any atom is -0.486 e. The summed E-state index contributed by atoms with van der Waals surface area (Å²) in [6.07, 6.45) is 0.288. The molecule has 2 heterocycles. The smallest absolute Gasteiger partial charge is 0.225 e. The van der Waals surface area contributed by atoms with E-state index in [9.17, 15) is 9.18 Å². The van der Waals surface area contributed by atoms with Gasteiger partial charge >= 0.3 is 0 Å². The maximum absolute atomic E-state index is 13.5. The second kappa shape index (κ2) is 5.02. The van der Waals surface area contributed by atoms with Gasteiger partial charge in [0.2, 0.25) is 5.91 Å². The molecule has 1 amide bonds. The molecule has 112 valence electrons. The second-order valence-electron chi connectivity index (χ2n) is 5.44. The minimum atomic E-state index is -0.303. The SMILES string of the molecule is O=C1C[C@H](c2cccc(F)c2)c2cc3c(cc2N1)OCCO3. The van der Waals surface area contributed by atoms with Crippen LogP contribution in [0, 0.1) is 5.82 Å². The zero-order valence-electron chi connectivity index (χ0n) is 11.8. The van der Waals surface area contributed by atoms with Crippen LogP contribution in [0.1, 0.15) is 23.5 Å². The molecule has 2 aromatic rings. The molecule has 2 aliphatic rings. The van der Waals surface area contributed by atoms with E-state index in [1.165, 1.54) is 12.1 Å². The lowest BCUT2D eigenvalue weighted by Gasteiger charge is -2.29. The maximum Gasteiger partial charge on any atom is 0.225 e. The Bertz CT molecular complexity index is 760. The van der Waals surface area contributed by atoms with E-state index in [-0.39, 0.29) is 24.1 Å². The van der Waals surface area contributed by atoms with E-state index in [4.69, 9.17) is 9.47 Å². The highest BCUT2D eigenvalue weighted by Crippen LogP contribution is 2.43. The lowest BCUT2D eigenvalue weighted by Crippen LogP contribution is -2.24. The molecule has 0 fully saturated rings. The largest absolute Gasteiger partial charge is 0.486 e. The fourth-order valence-corrected chi connectivity index (χ4v) is 3.02. The Hall–Kier alpha value is -2.56. The first-order valence-corrected chi connectivity index (χ1v) is 7.19. The standard InChI is InChI=1S/C17H14FNO3/c18-11-3-1-2-10(6-11)12-8-17(20)19-14-9-16-15(7-13(12)14)21-4-5-22-16/h1-3,6-7,9,12H,4-5,8H2,(H,19,20)/t12-/m1/s1. The minimum absolute atomic E-state index is 0.0848. The van der Waals surface area contributed by atoms with Crippen molar-refractivity contribution in [1.29, 1.82) is 0 Å². The summed E-state index contributed by atoms with van der Waals surface area (Å²) in [7, 11) is 0. The maximum atomic E-state index is 13.5. The van der Waals surface area contributed by atoms with Crippen molar-refractivity contribution in [3.8, 4) is 11.5 Å². The van der Waals surface area contributed by atoms with E-state index in [1.54, 1.807) is 12.1 Å². The van der Waals surface area contributed by atoms with Crippen LogP contribution in [0.5, 0.6) is 11.5 Å². The molecule has 5 heteroatoms. The van der Waals surface area contributed by atoms with Gasteiger partial charge in [-0.1, -0.05) is 12.1 Å². The van der Waals surface area contributed by atoms with Gasteiger partial charge in [-0.25, -0.2) is 4.39 Å². The van der Waals surface area contributed by atoms with Gasteiger partial charge < -0.3 is 14.8 Å². The molecule has 0 unspecified atom stereocenters. The summed E-state index contributed by atoms with van der Waals surface area (Å²) in [5.74, 6) is 0.726. The molecule has 22 heavy (non-hydrogen) atoms. The number of amides is 1. The van der Waals surface area contributed by atoms with Crippen LogP contribution in [0.4, 0.5) is 10.1 Å². The lowest BCUT2D eigenvalue weighted by molar-refractivity contribution is -0.116. The van der Waals surface area contributed by atoms with Gasteiger partial charge in [0.15, 0.2) is 11.5 Å². The van der Waals surface area contributed by atoms with Gasteiger partial charge in [0.05, 0.1) is 0 Å². The summed E-state index contributed by atoms with van der Waals surface area (Å²) < 4.78 is 24.7. The van der Waals surface area contributed by atoms with Crippen molar-refractivity contribution < 1.29 is 18.7 Å². The van der Waals surface area contributed by atoms with E-state index in [2.05, 4.69) is 5.32 Å². The summed E-state index contributed by atoms with van der Waals surface area (Å²) in [6.45, 7) is 0.996. The number of ether oxygens (including phenoxy) is 2. The molecule has 2 aliphatic heterocycles. The number of carbonyl (C=O) groups excluding carboxylic acids is 1. The Morgan fingerprint density at radius 3 is 2.64 bits per heavy atom. The predicted molar refractivity (Wildman–Crippen MR) is 78.9 cm³/mol. The highest BCUT2D eigenvalue weighted by Gasteiger charge is 2.29. The molecule has 0 saturated heterocycles. The zero-order chi connectivity index (χ0) is 15.1. The van der Waals surface area contributed by atoms with Gasteiger partial charge in [0, 0.05) is 24.1 Å². The first-order valence-electron chi connectivity index (χ1n) is 7.19. The first kappa shape index (κ1) is 13.1. The normalized spacial score (nSPS) is 19.3. The lowest BCUT2D eigenvalue weighted by atomic mass is 9.84. The highest BCUT2D eigenvalue weighted by molar-refractivity contribution is 5.96. The van der Waals surface area contributed by atoms with Gasteiger partial charge in [-0.05, 0) is 29.3 Å². The molecule has 1 atom stereocenters. The topological polar surface area (TPSA) is 47.6 Å². The quantitative estimate of drug-likeness (QED) is 0.880. The molecule has 0 aliphatic carbocycles. The van der Waals surface area contributed by atoms with Crippen molar-refractivity contribution >= 4 is 11.6 Å². The fourth-order valence-electron chi connectivity index (χ4n) is 3.02. The van der Waals surface area contributed by atoms with Crippen LogP contribution in [-0.4, -0.2) is 19.1 Å². The number of hydrogen-bond acceptors (Lipinski definition) is 3. The number of fused-ring (bicyclic) bond motifs is 2. The summed E-state index contributed by atoms with van der Waals surface area (Å²) in [5, 5.41) is 2.86. The van der Waals surface area contributed by atoms with E-state index in [1.807, 2.05) is 12.1 Å². The molecular formula is C17H14FNO3. The number of benzene rings is 2. The average Bonchev–Trinajstić information content (AvgIpc) is 2.52. The number of nitrogens with one attached hydrogen (secondary N) is 1. The number of carbonyl (C=O) groups is 1. The predicted octanol–water partition coefficient (Wildman–Crippen LogP) is 3.07. The van der Waals surface area contributed by atoms with Crippen LogP contribution >= 0.6 is 0 Å². The van der Waals surface area contributed by atoms with Crippen molar-refractivity contribution in [3.05, 3.63) is 53.3 Å². The number of rotatable bonds is 1. The fraction of sp³-hybridized carbons (Fsp3) is 0.235. The van der Waals surface area contributed by atoms with Crippen molar-refractivity contribution in [2.75, 3.05) is 18.5 Å². The van der Waals surface area contributed by atoms with Gasteiger partial charge in [0.25, 0.3) is 0 Å². The Labute approximate surface area is 126 Å². The molecular weight excluding hydrogens is 285 g/mol. The van der Waals surface area contributed by atoms with Crippen molar-refractivity contribution in [2.24, 2.45) is 0 Å². The summed E-state index contributed by atoms with van der Waals surface area (Å²) in [6, 6.07) is 10.1. The average molecular weight is 299 g/mol. The van der Waals surface area contributed by atoms with Crippen LogP contribution in [0.15, 0.2) is 36.4 Å². The Morgan fingerprint density at radius 1 is 1.09 bits per heavy atom. The molecule has 0 radical (unpaired) electrons. The Kier molecular flexibility index (Phi) is 2.99. The van der Waals surface area contributed by atoms with Crippen molar-refractivity contribution in [3.63, 3.8) is 0 Å². The molecule has 1 N–H and O–H groups in total. The van der Waals surface area contributed by atoms with E-state index in [0.717, 1.165) is 11.1 Å². The van der Waals surface area contributed by atoms with Crippen LogP contribution in [0.25, 0.3) is 0 Å². The van der Waals surface area contributed by atoms with Gasteiger partial charge in [0.1, 0.15) is 19.0 Å². The van der Waals surface area contributed by atoms with Crippen molar-refractivity contribution in [2.45, 2.75) is 12.3 Å². The third-order valence-corrected chi connectivity index (χ3v) is 4.00.